The molecule has 2 aromatic carbocycles. The minimum Gasteiger partial charge on any atom is -0.480 e. The van der Waals surface area contributed by atoms with E-state index in [1.165, 1.54) is 0 Å². The Hall–Kier alpha value is -3.06. The molecule has 0 aliphatic rings. The second-order valence-electron chi connectivity index (χ2n) is 5.85. The van der Waals surface area contributed by atoms with Crippen molar-refractivity contribution in [1.82, 2.24) is 16.0 Å². The molecule has 0 spiro atoms. The number of hydrogen-bond donors (Lipinski definition) is 4. The first-order valence-corrected chi connectivity index (χ1v) is 8.60. The van der Waals surface area contributed by atoms with E-state index in [1.54, 1.807) is 25.1 Å². The molecule has 2 aromatic rings. The van der Waals surface area contributed by atoms with Gasteiger partial charge in [-0.1, -0.05) is 54.1 Å². The topological polar surface area (TPSA) is 108 Å². The largest absolute Gasteiger partial charge is 0.480 e. The summed E-state index contributed by atoms with van der Waals surface area (Å²) < 4.78 is 0. The smallest absolute Gasteiger partial charge is 0.328 e. The van der Waals surface area contributed by atoms with Gasteiger partial charge in [0.25, 0.3) is 5.91 Å². The number of aliphatic carboxylic acids is 1. The molecule has 0 saturated heterocycles. The fraction of sp³-hybridized carbons (Fsp3) is 0.211. The van der Waals surface area contributed by atoms with Gasteiger partial charge in [-0.25, -0.2) is 9.59 Å². The Kier molecular flexibility index (Phi) is 7.19. The van der Waals surface area contributed by atoms with E-state index in [-0.39, 0.29) is 17.1 Å². The minimum atomic E-state index is -1.30. The summed E-state index contributed by atoms with van der Waals surface area (Å²) in [5, 5.41) is 17.0. The normalized spacial score (nSPS) is 11.3. The van der Waals surface area contributed by atoms with E-state index in [9.17, 15) is 19.5 Å². The van der Waals surface area contributed by atoms with Gasteiger partial charge in [-0.3, -0.25) is 4.79 Å². The molecule has 0 aliphatic carbocycles. The maximum atomic E-state index is 12.4. The van der Waals surface area contributed by atoms with Gasteiger partial charge < -0.3 is 21.1 Å². The number of nitrogens with one attached hydrogen (secondary N) is 3. The lowest BCUT2D eigenvalue weighted by atomic mass is 10.1. The Balaban J connectivity index is 1.90. The number of halogens is 1. The summed E-state index contributed by atoms with van der Waals surface area (Å²) in [6.45, 7) is 1.73. The van der Waals surface area contributed by atoms with Crippen molar-refractivity contribution in [3.05, 3.63) is 70.2 Å². The molecule has 0 heterocycles. The predicted molar refractivity (Wildman–Crippen MR) is 102 cm³/mol. The summed E-state index contributed by atoms with van der Waals surface area (Å²) >= 11 is 6.03. The number of hydrogen-bond acceptors (Lipinski definition) is 3. The molecule has 0 fully saturated rings. The van der Waals surface area contributed by atoms with Crippen LogP contribution in [-0.4, -0.2) is 35.6 Å². The summed E-state index contributed by atoms with van der Waals surface area (Å²) in [5.74, 6) is -1.88. The van der Waals surface area contributed by atoms with Crippen molar-refractivity contribution in [1.29, 1.82) is 0 Å². The lowest BCUT2D eigenvalue weighted by Crippen LogP contribution is -2.50. The third-order valence-electron chi connectivity index (χ3n) is 3.82. The molecule has 142 valence electrons. The molecule has 27 heavy (non-hydrogen) atoms. The minimum absolute atomic E-state index is 0.207. The van der Waals surface area contributed by atoms with Gasteiger partial charge in [-0.2, -0.15) is 0 Å². The summed E-state index contributed by atoms with van der Waals surface area (Å²) in [4.78, 5) is 35.6. The van der Waals surface area contributed by atoms with Crippen LogP contribution in [0, 0.1) is 6.92 Å². The van der Waals surface area contributed by atoms with Gasteiger partial charge >= 0.3 is 12.0 Å². The number of aryl methyl sites for hydroxylation is 1. The molecule has 1 unspecified atom stereocenters. The number of benzene rings is 2. The van der Waals surface area contributed by atoms with Crippen molar-refractivity contribution < 1.29 is 19.5 Å². The molecule has 0 bridgehead atoms. The molecule has 0 saturated carbocycles. The highest BCUT2D eigenvalue weighted by molar-refractivity contribution is 6.34. The molecule has 7 nitrogen and oxygen atoms in total. The molecule has 8 heteroatoms. The summed E-state index contributed by atoms with van der Waals surface area (Å²) in [6.07, 6.45) is 0. The number of carbonyl (C=O) groups excluding carboxylic acids is 2. The quantitative estimate of drug-likeness (QED) is 0.582. The molecule has 4 N–H and O–H groups in total. The van der Waals surface area contributed by atoms with E-state index in [0.29, 0.717) is 12.1 Å². The van der Waals surface area contributed by atoms with Crippen molar-refractivity contribution in [3.63, 3.8) is 0 Å². The Bertz CT molecular complexity index is 807. The van der Waals surface area contributed by atoms with Crippen molar-refractivity contribution in [3.8, 4) is 0 Å². The van der Waals surface area contributed by atoms with E-state index < -0.39 is 23.9 Å². The Morgan fingerprint density at radius 2 is 1.74 bits per heavy atom. The number of carboxylic acid groups (broad SMARTS) is 1. The second-order valence-corrected chi connectivity index (χ2v) is 6.25. The Morgan fingerprint density at radius 1 is 1.04 bits per heavy atom. The first kappa shape index (κ1) is 20.3. The third kappa shape index (κ3) is 6.00. The molecule has 3 amide bonds. The van der Waals surface area contributed by atoms with Crippen LogP contribution in [0.25, 0.3) is 0 Å². The zero-order valence-corrected chi connectivity index (χ0v) is 15.4. The van der Waals surface area contributed by atoms with Gasteiger partial charge in [0, 0.05) is 6.54 Å². The maximum Gasteiger partial charge on any atom is 0.328 e. The second kappa shape index (κ2) is 9.59. The number of urea groups is 1. The van der Waals surface area contributed by atoms with Gasteiger partial charge in [-0.15, -0.1) is 0 Å². The maximum absolute atomic E-state index is 12.4. The molecular weight excluding hydrogens is 370 g/mol. The van der Waals surface area contributed by atoms with Crippen LogP contribution >= 0.6 is 11.6 Å². The zero-order chi connectivity index (χ0) is 19.8. The van der Waals surface area contributed by atoms with E-state index in [2.05, 4.69) is 16.0 Å². The summed E-state index contributed by atoms with van der Waals surface area (Å²) in [7, 11) is 0. The van der Waals surface area contributed by atoms with E-state index >= 15 is 0 Å². The Morgan fingerprint density at radius 3 is 2.37 bits per heavy atom. The third-order valence-corrected chi connectivity index (χ3v) is 4.13. The van der Waals surface area contributed by atoms with Crippen molar-refractivity contribution in [2.45, 2.75) is 19.5 Å². The summed E-state index contributed by atoms with van der Waals surface area (Å²) in [6, 6.07) is 12.4. The molecule has 1 atom stereocenters. The van der Waals surface area contributed by atoms with Crippen LogP contribution in [0.1, 0.15) is 21.5 Å². The molecule has 2 rings (SSSR count). The fourth-order valence-electron chi connectivity index (χ4n) is 2.39. The van der Waals surface area contributed by atoms with Crippen LogP contribution in [0.2, 0.25) is 5.02 Å². The average molecular weight is 390 g/mol. The lowest BCUT2D eigenvalue weighted by Gasteiger charge is -2.17. The predicted octanol–water partition coefficient (Wildman–Crippen LogP) is 2.33. The first-order valence-electron chi connectivity index (χ1n) is 8.23. The number of carbonyl (C=O) groups is 3. The summed E-state index contributed by atoms with van der Waals surface area (Å²) in [5.41, 5.74) is 1.74. The SMILES string of the molecule is Cc1cccc(Cl)c1C(=O)NC(CNC(=O)NCc1ccccc1)C(=O)O. The number of amides is 3. The molecule has 0 aromatic heterocycles. The van der Waals surface area contributed by atoms with E-state index in [1.807, 2.05) is 30.3 Å². The molecule has 0 radical (unpaired) electrons. The Labute approximate surface area is 161 Å². The standard InChI is InChI=1S/C19H20ClN3O4/c1-12-6-5-9-14(20)16(12)17(24)23-15(18(25)26)11-22-19(27)21-10-13-7-3-2-4-8-13/h2-9,15H,10-11H2,1H3,(H,23,24)(H,25,26)(H2,21,22,27). The first-order chi connectivity index (χ1) is 12.9. The highest BCUT2D eigenvalue weighted by atomic mass is 35.5. The highest BCUT2D eigenvalue weighted by Gasteiger charge is 2.23. The van der Waals surface area contributed by atoms with Crippen LogP contribution in [0.15, 0.2) is 48.5 Å². The van der Waals surface area contributed by atoms with Crippen LogP contribution in [0.3, 0.4) is 0 Å². The van der Waals surface area contributed by atoms with Crippen LogP contribution < -0.4 is 16.0 Å². The monoisotopic (exact) mass is 389 g/mol. The zero-order valence-electron chi connectivity index (χ0n) is 14.7. The van der Waals surface area contributed by atoms with Crippen molar-refractivity contribution in [2.24, 2.45) is 0 Å². The van der Waals surface area contributed by atoms with E-state index in [4.69, 9.17) is 11.6 Å². The van der Waals surface area contributed by atoms with Gasteiger partial charge in [0.15, 0.2) is 0 Å². The highest BCUT2D eigenvalue weighted by Crippen LogP contribution is 2.19. The van der Waals surface area contributed by atoms with Gasteiger partial charge in [0.1, 0.15) is 6.04 Å². The molecular formula is C19H20ClN3O4. The number of carboxylic acids is 1. The molecule has 0 aliphatic heterocycles. The van der Waals surface area contributed by atoms with Gasteiger partial charge in [0.2, 0.25) is 0 Å². The fourth-order valence-corrected chi connectivity index (χ4v) is 2.69. The van der Waals surface area contributed by atoms with Crippen LogP contribution in [-0.2, 0) is 11.3 Å². The van der Waals surface area contributed by atoms with Gasteiger partial charge in [0.05, 0.1) is 17.1 Å². The van der Waals surface area contributed by atoms with Crippen LogP contribution in [0.5, 0.6) is 0 Å². The lowest BCUT2D eigenvalue weighted by molar-refractivity contribution is -0.139. The van der Waals surface area contributed by atoms with Crippen LogP contribution in [0.4, 0.5) is 4.79 Å². The van der Waals surface area contributed by atoms with Gasteiger partial charge in [-0.05, 0) is 24.1 Å². The van der Waals surface area contributed by atoms with Crippen molar-refractivity contribution >= 4 is 29.5 Å². The van der Waals surface area contributed by atoms with E-state index in [0.717, 1.165) is 5.56 Å². The average Bonchev–Trinajstić information content (AvgIpc) is 2.63. The van der Waals surface area contributed by atoms with Crippen molar-refractivity contribution in [2.75, 3.05) is 6.54 Å². The number of rotatable bonds is 7.